The smallest absolute Gasteiger partial charge is 0.408 e. The lowest BCUT2D eigenvalue weighted by atomic mass is 9.75. The molecule has 1 aliphatic rings. The first-order valence-corrected chi connectivity index (χ1v) is 12.2. The van der Waals surface area contributed by atoms with Gasteiger partial charge >= 0.3 is 7.75 Å². The van der Waals surface area contributed by atoms with Crippen LogP contribution in [0.4, 0.5) is 0 Å². The molecule has 6 heteroatoms. The number of benzene rings is 1. The Kier molecular flexibility index (Phi) is 8.38. The second kappa shape index (κ2) is 9.96. The van der Waals surface area contributed by atoms with E-state index in [1.807, 2.05) is 28.9 Å². The molecule has 4 atom stereocenters. The summed E-state index contributed by atoms with van der Waals surface area (Å²) in [5.74, 6) is 2.27. The second-order valence-electron chi connectivity index (χ2n) is 9.70. The van der Waals surface area contributed by atoms with Crippen molar-refractivity contribution in [2.75, 3.05) is 14.2 Å². The maximum atomic E-state index is 14.1. The normalized spacial score (nSPS) is 25.2. The molecule has 1 aromatic rings. The minimum Gasteiger partial charge on any atom is -0.497 e. The van der Waals surface area contributed by atoms with E-state index in [0.29, 0.717) is 24.3 Å². The summed E-state index contributed by atoms with van der Waals surface area (Å²) < 4.78 is 33.3. The Morgan fingerprint density at radius 3 is 2.24 bits per heavy atom. The Bertz CT molecular complexity index is 683. The van der Waals surface area contributed by atoms with E-state index in [1.54, 1.807) is 7.11 Å². The van der Waals surface area contributed by atoms with Gasteiger partial charge in [-0.2, -0.15) is 4.67 Å². The van der Waals surface area contributed by atoms with Gasteiger partial charge in [-0.3, -0.25) is 9.05 Å². The van der Waals surface area contributed by atoms with Crippen molar-refractivity contribution in [2.24, 2.45) is 17.8 Å². The fourth-order valence-corrected chi connectivity index (χ4v) is 6.25. The highest BCUT2D eigenvalue weighted by molar-refractivity contribution is 7.51. The average molecular weight is 426 g/mol. The van der Waals surface area contributed by atoms with Crippen LogP contribution in [0.2, 0.25) is 0 Å². The summed E-state index contributed by atoms with van der Waals surface area (Å²) in [6.45, 7) is 13.3. The molecule has 1 aliphatic carbocycles. The van der Waals surface area contributed by atoms with E-state index < -0.39 is 7.75 Å². The van der Waals surface area contributed by atoms with Gasteiger partial charge in [-0.25, -0.2) is 4.57 Å². The largest absolute Gasteiger partial charge is 0.497 e. The summed E-state index contributed by atoms with van der Waals surface area (Å²) in [5.41, 5.74) is 0.651. The minimum absolute atomic E-state index is 0.0507. The van der Waals surface area contributed by atoms with Crippen LogP contribution in [0, 0.1) is 17.8 Å². The molecule has 1 saturated carbocycles. The maximum absolute atomic E-state index is 14.1. The van der Waals surface area contributed by atoms with Crippen molar-refractivity contribution in [3.8, 4) is 5.75 Å². The van der Waals surface area contributed by atoms with Crippen molar-refractivity contribution >= 4 is 7.75 Å². The zero-order valence-electron chi connectivity index (χ0n) is 19.5. The van der Waals surface area contributed by atoms with Crippen LogP contribution < -0.4 is 4.74 Å². The molecule has 0 saturated heterocycles. The van der Waals surface area contributed by atoms with Crippen LogP contribution >= 0.6 is 7.75 Å². The molecule has 5 nitrogen and oxygen atoms in total. The van der Waals surface area contributed by atoms with Gasteiger partial charge in [-0.05, 0) is 69.1 Å². The van der Waals surface area contributed by atoms with Gasteiger partial charge in [0.05, 0.1) is 13.2 Å². The average Bonchev–Trinajstić information content (AvgIpc) is 2.65. The maximum Gasteiger partial charge on any atom is 0.408 e. The van der Waals surface area contributed by atoms with Crippen LogP contribution in [-0.2, 0) is 20.2 Å². The van der Waals surface area contributed by atoms with Crippen LogP contribution in [0.15, 0.2) is 24.3 Å². The number of nitrogens with zero attached hydrogens (tertiary/aromatic N) is 1. The molecule has 1 fully saturated rings. The summed E-state index contributed by atoms with van der Waals surface area (Å²) in [4.78, 5) is 0. The Hall–Kier alpha value is -0.870. The second-order valence-corrected chi connectivity index (χ2v) is 11.7. The van der Waals surface area contributed by atoms with Crippen molar-refractivity contribution in [3.05, 3.63) is 29.8 Å². The monoisotopic (exact) mass is 425 g/mol. The molecule has 1 aromatic carbocycles. The summed E-state index contributed by atoms with van der Waals surface area (Å²) >= 11 is 0. The van der Waals surface area contributed by atoms with Crippen molar-refractivity contribution in [2.45, 2.75) is 79.0 Å². The molecule has 0 N–H and O–H groups in total. The molecule has 0 spiro atoms. The Morgan fingerprint density at radius 2 is 1.76 bits per heavy atom. The molecule has 2 rings (SSSR count). The van der Waals surface area contributed by atoms with Gasteiger partial charge in [0.25, 0.3) is 0 Å². The zero-order valence-corrected chi connectivity index (χ0v) is 20.4. The van der Waals surface area contributed by atoms with Crippen molar-refractivity contribution in [3.63, 3.8) is 0 Å². The van der Waals surface area contributed by atoms with Gasteiger partial charge in [-0.1, -0.05) is 39.3 Å². The molecule has 29 heavy (non-hydrogen) atoms. The lowest BCUT2D eigenvalue weighted by Gasteiger charge is -2.43. The van der Waals surface area contributed by atoms with E-state index in [1.165, 1.54) is 13.5 Å². The van der Waals surface area contributed by atoms with Crippen LogP contribution in [0.5, 0.6) is 5.75 Å². The van der Waals surface area contributed by atoms with Crippen molar-refractivity contribution in [1.29, 1.82) is 0 Å². The molecular weight excluding hydrogens is 385 g/mol. The van der Waals surface area contributed by atoms with E-state index >= 15 is 0 Å². The number of hydrogen-bond donors (Lipinski definition) is 0. The van der Waals surface area contributed by atoms with Crippen molar-refractivity contribution < 1.29 is 18.3 Å². The molecule has 0 heterocycles. The fourth-order valence-electron chi connectivity index (χ4n) is 4.20. The molecule has 166 valence electrons. The summed E-state index contributed by atoms with van der Waals surface area (Å²) in [5, 5.41) is 0. The van der Waals surface area contributed by atoms with Gasteiger partial charge in [0.15, 0.2) is 0 Å². The van der Waals surface area contributed by atoms with Crippen LogP contribution in [0.1, 0.15) is 66.4 Å². The van der Waals surface area contributed by atoms with E-state index in [-0.39, 0.29) is 11.6 Å². The summed E-state index contributed by atoms with van der Waals surface area (Å²) in [6, 6.07) is 7.84. The lowest BCUT2D eigenvalue weighted by Crippen LogP contribution is -2.42. The Balaban J connectivity index is 2.30. The van der Waals surface area contributed by atoms with Crippen molar-refractivity contribution in [1.82, 2.24) is 4.67 Å². The van der Waals surface area contributed by atoms with Gasteiger partial charge in [0, 0.05) is 19.2 Å². The van der Waals surface area contributed by atoms with Crippen LogP contribution in [0.3, 0.4) is 0 Å². The Morgan fingerprint density at radius 1 is 1.14 bits per heavy atom. The molecule has 0 aromatic heterocycles. The van der Waals surface area contributed by atoms with E-state index in [9.17, 15) is 4.57 Å². The van der Waals surface area contributed by atoms with Gasteiger partial charge in [0.2, 0.25) is 0 Å². The number of hydrogen-bond acceptors (Lipinski definition) is 4. The third-order valence-corrected chi connectivity index (χ3v) is 8.35. The highest BCUT2D eigenvalue weighted by Crippen LogP contribution is 2.58. The first-order chi connectivity index (χ1) is 13.5. The molecule has 1 unspecified atom stereocenters. The quantitative estimate of drug-likeness (QED) is 0.443. The number of rotatable bonds is 8. The number of methoxy groups -OCH3 is 1. The molecule has 0 bridgehead atoms. The first-order valence-electron chi connectivity index (χ1n) is 10.8. The van der Waals surface area contributed by atoms with Crippen LogP contribution in [0.25, 0.3) is 0 Å². The first kappa shape index (κ1) is 24.4. The number of ether oxygens (including phenoxy) is 1. The standard InChI is InChI=1S/C23H40NO4P/c1-17(2)21-14-9-18(3)15-22(21)28-29(25,27-8)24(23(4,5)6)16-19-10-12-20(26-7)13-11-19/h10-13,17-18,21-22H,9,14-16H2,1-8H3/t18-,21+,22-,29?/m1/s1. The molecule has 0 radical (unpaired) electrons. The van der Waals surface area contributed by atoms with Gasteiger partial charge < -0.3 is 4.74 Å². The van der Waals surface area contributed by atoms with Gasteiger partial charge in [-0.15, -0.1) is 0 Å². The molecular formula is C23H40NO4P. The van der Waals surface area contributed by atoms with Crippen LogP contribution in [-0.4, -0.2) is 30.5 Å². The Labute approximate surface area is 177 Å². The van der Waals surface area contributed by atoms with E-state index in [0.717, 1.165) is 24.2 Å². The molecule has 0 aliphatic heterocycles. The minimum atomic E-state index is -3.49. The topological polar surface area (TPSA) is 48.0 Å². The van der Waals surface area contributed by atoms with E-state index in [4.69, 9.17) is 13.8 Å². The summed E-state index contributed by atoms with van der Waals surface area (Å²) in [7, 11) is -0.329. The SMILES string of the molecule is COc1ccc(CN(C(C)(C)C)P(=O)(OC)O[C@@H]2C[C@H](C)CC[C@H]2C(C)C)cc1. The third-order valence-electron chi connectivity index (χ3n) is 6.02. The lowest BCUT2D eigenvalue weighted by molar-refractivity contribution is 0.0137. The summed E-state index contributed by atoms with van der Waals surface area (Å²) in [6.07, 6.45) is 3.19. The van der Waals surface area contributed by atoms with E-state index in [2.05, 4.69) is 41.5 Å². The predicted octanol–water partition coefficient (Wildman–Crippen LogP) is 6.53. The predicted molar refractivity (Wildman–Crippen MR) is 119 cm³/mol. The molecule has 0 amide bonds. The highest BCUT2D eigenvalue weighted by atomic mass is 31.2. The highest BCUT2D eigenvalue weighted by Gasteiger charge is 2.44. The fraction of sp³-hybridized carbons (Fsp3) is 0.739. The third kappa shape index (κ3) is 6.30. The zero-order chi connectivity index (χ0) is 21.8. The van der Waals surface area contributed by atoms with Gasteiger partial charge in [0.1, 0.15) is 5.75 Å².